The molecule has 1 amide bonds. The van der Waals surface area contributed by atoms with Gasteiger partial charge in [0.15, 0.2) is 8.68 Å². The summed E-state index contributed by atoms with van der Waals surface area (Å²) in [5, 5.41) is 10.6. The smallest absolute Gasteiger partial charge is 0.237 e. The summed E-state index contributed by atoms with van der Waals surface area (Å²) >= 11 is 4.42. The number of benzene rings is 2. The summed E-state index contributed by atoms with van der Waals surface area (Å²) in [4.78, 5) is 12.3. The first-order chi connectivity index (χ1) is 13.9. The minimum Gasteiger partial charge on any atom is -0.323 e. The second-order valence-electron chi connectivity index (χ2n) is 6.75. The van der Waals surface area contributed by atoms with Gasteiger partial charge in [-0.05, 0) is 36.1 Å². The van der Waals surface area contributed by atoms with E-state index >= 15 is 0 Å². The third-order valence-electron chi connectivity index (χ3n) is 4.18. The van der Waals surface area contributed by atoms with Crippen molar-refractivity contribution in [3.05, 3.63) is 65.5 Å². The van der Waals surface area contributed by atoms with E-state index in [1.165, 1.54) is 46.4 Å². The van der Waals surface area contributed by atoms with E-state index < -0.39 is 11.1 Å². The van der Waals surface area contributed by atoms with Gasteiger partial charge in [0, 0.05) is 5.75 Å². The normalized spacial score (nSPS) is 12.2. The van der Waals surface area contributed by atoms with Gasteiger partial charge >= 0.3 is 0 Å². The molecule has 0 saturated carbocycles. The molecular weight excluding hydrogens is 425 g/mol. The van der Waals surface area contributed by atoms with Gasteiger partial charge in [-0.3, -0.25) is 4.79 Å². The van der Waals surface area contributed by atoms with Crippen molar-refractivity contribution in [2.45, 2.75) is 46.4 Å². The van der Waals surface area contributed by atoms with Crippen LogP contribution >= 0.6 is 34.9 Å². The fraction of sp³-hybridized carbons (Fsp3) is 0.286. The lowest BCUT2D eigenvalue weighted by Crippen LogP contribution is -2.22. The van der Waals surface area contributed by atoms with Gasteiger partial charge in [0.25, 0.3) is 0 Å². The van der Waals surface area contributed by atoms with E-state index in [2.05, 4.69) is 53.6 Å². The first kappa shape index (κ1) is 21.8. The van der Waals surface area contributed by atoms with E-state index in [0.29, 0.717) is 5.92 Å². The maximum atomic E-state index is 13.7. The molecule has 2 aromatic carbocycles. The van der Waals surface area contributed by atoms with Crippen molar-refractivity contribution in [3.63, 3.8) is 0 Å². The molecule has 0 spiro atoms. The Morgan fingerprint density at radius 3 is 2.45 bits per heavy atom. The Balaban J connectivity index is 1.51. The minimum atomic E-state index is -0.450. The van der Waals surface area contributed by atoms with Crippen molar-refractivity contribution in [2.75, 3.05) is 5.32 Å². The highest BCUT2D eigenvalue weighted by molar-refractivity contribution is 8.03. The van der Waals surface area contributed by atoms with Gasteiger partial charge in [0.05, 0.1) is 10.9 Å². The number of hydrogen-bond acceptors (Lipinski definition) is 6. The van der Waals surface area contributed by atoms with Crippen molar-refractivity contribution in [1.82, 2.24) is 10.2 Å². The van der Waals surface area contributed by atoms with E-state index in [4.69, 9.17) is 0 Å². The fourth-order valence-electron chi connectivity index (χ4n) is 2.45. The summed E-state index contributed by atoms with van der Waals surface area (Å²) in [6.45, 7) is 6.13. The lowest BCUT2D eigenvalue weighted by molar-refractivity contribution is -0.115. The van der Waals surface area contributed by atoms with Crippen LogP contribution in [0.2, 0.25) is 0 Å². The molecule has 0 aliphatic carbocycles. The molecule has 1 atom stereocenters. The number of aromatic nitrogens is 2. The standard InChI is InChI=1S/C21H22FN3OS3/c1-13(2)16-10-8-15(9-11-16)12-27-20-24-25-21(29-20)28-14(3)19(26)23-18-7-5-4-6-17(18)22/h4-11,13-14H,12H2,1-3H3,(H,23,26). The number of para-hydroxylation sites is 1. The van der Waals surface area contributed by atoms with Crippen molar-refractivity contribution in [1.29, 1.82) is 0 Å². The molecular formula is C21H22FN3OS3. The first-order valence-electron chi connectivity index (χ1n) is 9.19. The molecule has 3 rings (SSSR count). The van der Waals surface area contributed by atoms with Gasteiger partial charge in [-0.1, -0.05) is 85.1 Å². The van der Waals surface area contributed by atoms with Gasteiger partial charge in [-0.25, -0.2) is 4.39 Å². The number of rotatable bonds is 8. The topological polar surface area (TPSA) is 54.9 Å². The van der Waals surface area contributed by atoms with Gasteiger partial charge in [0.1, 0.15) is 5.82 Å². The average molecular weight is 448 g/mol. The van der Waals surface area contributed by atoms with Crippen LogP contribution in [0.1, 0.15) is 37.8 Å². The van der Waals surface area contributed by atoms with Crippen LogP contribution in [0.15, 0.2) is 57.2 Å². The van der Waals surface area contributed by atoms with Crippen LogP contribution in [0.5, 0.6) is 0 Å². The SMILES string of the molecule is CC(Sc1nnc(SCc2ccc(C(C)C)cc2)s1)C(=O)Nc1ccccc1F. The minimum absolute atomic E-state index is 0.182. The molecule has 0 aliphatic rings. The number of nitrogens with zero attached hydrogens (tertiary/aromatic N) is 2. The number of thioether (sulfide) groups is 2. The highest BCUT2D eigenvalue weighted by atomic mass is 32.2. The van der Waals surface area contributed by atoms with Crippen LogP contribution in [-0.4, -0.2) is 21.4 Å². The highest BCUT2D eigenvalue weighted by Gasteiger charge is 2.18. The van der Waals surface area contributed by atoms with E-state index in [1.54, 1.807) is 30.8 Å². The van der Waals surface area contributed by atoms with Crippen LogP contribution in [0.3, 0.4) is 0 Å². The lowest BCUT2D eigenvalue weighted by Gasteiger charge is -2.10. The molecule has 152 valence electrons. The fourth-order valence-corrected chi connectivity index (χ4v) is 5.57. The zero-order valence-corrected chi connectivity index (χ0v) is 18.8. The van der Waals surface area contributed by atoms with Crippen LogP contribution in [-0.2, 0) is 10.5 Å². The molecule has 0 aliphatic heterocycles. The molecule has 0 fully saturated rings. The van der Waals surface area contributed by atoms with Crippen LogP contribution in [0.25, 0.3) is 0 Å². The molecule has 0 bridgehead atoms. The van der Waals surface area contributed by atoms with Gasteiger partial charge in [-0.2, -0.15) is 0 Å². The maximum absolute atomic E-state index is 13.7. The largest absolute Gasteiger partial charge is 0.323 e. The summed E-state index contributed by atoms with van der Waals surface area (Å²) < 4.78 is 15.3. The summed E-state index contributed by atoms with van der Waals surface area (Å²) in [6.07, 6.45) is 0. The number of hydrogen-bond donors (Lipinski definition) is 1. The Bertz CT molecular complexity index is 960. The number of amides is 1. The zero-order valence-electron chi connectivity index (χ0n) is 16.4. The monoisotopic (exact) mass is 447 g/mol. The van der Waals surface area contributed by atoms with Crippen molar-refractivity contribution in [2.24, 2.45) is 0 Å². The molecule has 1 aromatic heterocycles. The third kappa shape index (κ3) is 6.29. The molecule has 1 unspecified atom stereocenters. The Labute approximate surface area is 182 Å². The predicted octanol–water partition coefficient (Wildman–Crippen LogP) is 6.21. The maximum Gasteiger partial charge on any atom is 0.237 e. The van der Waals surface area contributed by atoms with Gasteiger partial charge < -0.3 is 5.32 Å². The van der Waals surface area contributed by atoms with E-state index in [1.807, 2.05) is 0 Å². The Morgan fingerprint density at radius 1 is 1.07 bits per heavy atom. The number of halogens is 1. The van der Waals surface area contributed by atoms with Gasteiger partial charge in [-0.15, -0.1) is 10.2 Å². The Hall–Kier alpha value is -1.90. The second-order valence-corrected chi connectivity index (χ2v) is 10.5. The second kappa shape index (κ2) is 10.2. The molecule has 1 N–H and O–H groups in total. The molecule has 4 nitrogen and oxygen atoms in total. The zero-order chi connectivity index (χ0) is 20.8. The molecule has 29 heavy (non-hydrogen) atoms. The van der Waals surface area contributed by atoms with Crippen LogP contribution < -0.4 is 5.32 Å². The number of nitrogens with one attached hydrogen (secondary N) is 1. The quantitative estimate of drug-likeness (QED) is 0.416. The molecule has 0 radical (unpaired) electrons. The van der Waals surface area contributed by atoms with Crippen molar-refractivity contribution < 1.29 is 9.18 Å². The van der Waals surface area contributed by atoms with E-state index in [9.17, 15) is 9.18 Å². The Kier molecular flexibility index (Phi) is 7.69. The molecule has 3 aromatic rings. The first-order valence-corrected chi connectivity index (χ1v) is 11.9. The number of carbonyl (C=O) groups excluding carboxylic acids is 1. The Morgan fingerprint density at radius 2 is 1.76 bits per heavy atom. The number of carbonyl (C=O) groups is 1. The van der Waals surface area contributed by atoms with E-state index in [-0.39, 0.29) is 11.6 Å². The molecule has 8 heteroatoms. The summed E-state index contributed by atoms with van der Waals surface area (Å²) in [5.74, 6) is 0.627. The number of anilines is 1. The third-order valence-corrected chi connectivity index (χ3v) is 7.49. The predicted molar refractivity (Wildman–Crippen MR) is 120 cm³/mol. The average Bonchev–Trinajstić information content (AvgIpc) is 3.15. The molecule has 0 saturated heterocycles. The van der Waals surface area contributed by atoms with Crippen molar-refractivity contribution >= 4 is 46.5 Å². The van der Waals surface area contributed by atoms with Crippen LogP contribution in [0.4, 0.5) is 10.1 Å². The molecule has 1 heterocycles. The van der Waals surface area contributed by atoms with E-state index in [0.717, 1.165) is 14.4 Å². The van der Waals surface area contributed by atoms with Gasteiger partial charge in [0.2, 0.25) is 5.91 Å². The lowest BCUT2D eigenvalue weighted by atomic mass is 10.0. The van der Waals surface area contributed by atoms with Crippen molar-refractivity contribution in [3.8, 4) is 0 Å². The highest BCUT2D eigenvalue weighted by Crippen LogP contribution is 2.33. The summed E-state index contributed by atoms with van der Waals surface area (Å²) in [7, 11) is 0. The summed E-state index contributed by atoms with van der Waals surface area (Å²) in [5.41, 5.74) is 2.75. The summed E-state index contributed by atoms with van der Waals surface area (Å²) in [6, 6.07) is 14.7. The van der Waals surface area contributed by atoms with Crippen LogP contribution in [0, 0.1) is 5.82 Å².